The van der Waals surface area contributed by atoms with Crippen LogP contribution in [-0.4, -0.2) is 37.2 Å². The molecule has 0 aromatic carbocycles. The van der Waals surface area contributed by atoms with Crippen molar-refractivity contribution in [2.45, 2.75) is 13.3 Å². The fourth-order valence-electron chi connectivity index (χ4n) is 1.24. The van der Waals surface area contributed by atoms with Gasteiger partial charge in [-0.1, -0.05) is 6.58 Å². The second kappa shape index (κ2) is 4.87. The van der Waals surface area contributed by atoms with Gasteiger partial charge in [0.05, 0.1) is 5.76 Å². The summed E-state index contributed by atoms with van der Waals surface area (Å²) in [6, 6.07) is 0. The zero-order valence-electron chi connectivity index (χ0n) is 8.01. The molecule has 0 aliphatic carbocycles. The minimum atomic E-state index is -0.281. The van der Waals surface area contributed by atoms with E-state index in [0.29, 0.717) is 12.3 Å². The van der Waals surface area contributed by atoms with Gasteiger partial charge in [0.1, 0.15) is 0 Å². The average Bonchev–Trinajstić information content (AvgIpc) is 2.29. The van der Waals surface area contributed by atoms with Crippen LogP contribution >= 0.6 is 0 Å². The molecule has 1 saturated heterocycles. The summed E-state index contributed by atoms with van der Waals surface area (Å²) in [5.74, 6) is 0.446. The predicted molar refractivity (Wildman–Crippen MR) is 50.4 cm³/mol. The van der Waals surface area contributed by atoms with Gasteiger partial charge in [0, 0.05) is 19.6 Å². The van der Waals surface area contributed by atoms with Crippen molar-refractivity contribution < 1.29 is 9.53 Å². The van der Waals surface area contributed by atoms with Gasteiger partial charge in [0.25, 0.3) is 0 Å². The van der Waals surface area contributed by atoms with Gasteiger partial charge < -0.3 is 15.0 Å². The van der Waals surface area contributed by atoms with Crippen molar-refractivity contribution in [2.75, 3.05) is 26.2 Å². The van der Waals surface area contributed by atoms with Crippen LogP contribution in [0.4, 0.5) is 4.79 Å². The summed E-state index contributed by atoms with van der Waals surface area (Å²) in [6.45, 7) is 8.49. The Hall–Kier alpha value is -1.03. The van der Waals surface area contributed by atoms with Gasteiger partial charge in [0.15, 0.2) is 0 Å². The highest BCUT2D eigenvalue weighted by atomic mass is 16.6. The molecule has 1 aliphatic rings. The van der Waals surface area contributed by atoms with Crippen LogP contribution in [0.1, 0.15) is 13.3 Å². The average molecular weight is 184 g/mol. The normalized spacial score (nSPS) is 17.8. The Morgan fingerprint density at radius 3 is 2.92 bits per heavy atom. The first-order valence-corrected chi connectivity index (χ1v) is 4.53. The van der Waals surface area contributed by atoms with E-state index in [2.05, 4.69) is 11.9 Å². The van der Waals surface area contributed by atoms with Crippen LogP contribution in [0.3, 0.4) is 0 Å². The van der Waals surface area contributed by atoms with Gasteiger partial charge in [-0.25, -0.2) is 4.79 Å². The van der Waals surface area contributed by atoms with E-state index in [4.69, 9.17) is 4.74 Å². The Labute approximate surface area is 78.5 Å². The van der Waals surface area contributed by atoms with Gasteiger partial charge in [-0.05, 0) is 19.9 Å². The molecular weight excluding hydrogens is 168 g/mol. The lowest BCUT2D eigenvalue weighted by Crippen LogP contribution is -2.34. The molecule has 0 radical (unpaired) electrons. The Morgan fingerprint density at radius 2 is 2.23 bits per heavy atom. The topological polar surface area (TPSA) is 41.6 Å². The molecule has 0 saturated carbocycles. The smallest absolute Gasteiger partial charge is 0.414 e. The molecule has 1 aliphatic heterocycles. The quantitative estimate of drug-likeness (QED) is 0.617. The van der Waals surface area contributed by atoms with Crippen molar-refractivity contribution in [2.24, 2.45) is 0 Å². The third-order valence-corrected chi connectivity index (χ3v) is 1.86. The molecule has 0 spiro atoms. The number of hydrogen-bond acceptors (Lipinski definition) is 3. The highest BCUT2D eigenvalue weighted by Crippen LogP contribution is 2.02. The number of ether oxygens (including phenoxy) is 1. The van der Waals surface area contributed by atoms with E-state index in [9.17, 15) is 4.79 Å². The van der Waals surface area contributed by atoms with Gasteiger partial charge in [-0.15, -0.1) is 0 Å². The first-order valence-electron chi connectivity index (χ1n) is 4.53. The molecule has 1 N–H and O–H groups in total. The summed E-state index contributed by atoms with van der Waals surface area (Å²) < 4.78 is 4.91. The molecular formula is C9H16N2O2. The molecule has 0 atom stereocenters. The van der Waals surface area contributed by atoms with Crippen molar-refractivity contribution in [3.05, 3.63) is 12.3 Å². The van der Waals surface area contributed by atoms with Crippen molar-refractivity contribution in [3.63, 3.8) is 0 Å². The zero-order valence-corrected chi connectivity index (χ0v) is 8.01. The fourth-order valence-corrected chi connectivity index (χ4v) is 1.24. The summed E-state index contributed by atoms with van der Waals surface area (Å²) in [7, 11) is 0. The molecule has 0 aromatic heterocycles. The summed E-state index contributed by atoms with van der Waals surface area (Å²) in [5.41, 5.74) is 0. The van der Waals surface area contributed by atoms with Crippen molar-refractivity contribution in [1.82, 2.24) is 10.2 Å². The molecule has 13 heavy (non-hydrogen) atoms. The summed E-state index contributed by atoms with van der Waals surface area (Å²) in [6.07, 6.45) is 0.696. The lowest BCUT2D eigenvalue weighted by atomic mass is 10.4. The van der Waals surface area contributed by atoms with Crippen LogP contribution in [0.2, 0.25) is 0 Å². The van der Waals surface area contributed by atoms with Crippen molar-refractivity contribution >= 4 is 6.09 Å². The van der Waals surface area contributed by atoms with Crippen LogP contribution in [0.25, 0.3) is 0 Å². The van der Waals surface area contributed by atoms with Gasteiger partial charge in [-0.3, -0.25) is 0 Å². The maximum atomic E-state index is 11.4. The first kappa shape index (κ1) is 10.1. The highest BCUT2D eigenvalue weighted by Gasteiger charge is 2.16. The molecule has 1 amide bonds. The van der Waals surface area contributed by atoms with E-state index in [0.717, 1.165) is 26.1 Å². The van der Waals surface area contributed by atoms with Crippen molar-refractivity contribution in [3.8, 4) is 0 Å². The van der Waals surface area contributed by atoms with E-state index in [-0.39, 0.29) is 6.09 Å². The molecule has 0 aromatic rings. The van der Waals surface area contributed by atoms with E-state index in [1.807, 2.05) is 0 Å². The number of carbonyl (C=O) groups excluding carboxylic acids is 1. The molecule has 1 rings (SSSR count). The Morgan fingerprint density at radius 1 is 1.46 bits per heavy atom. The Bertz CT molecular complexity index is 196. The number of rotatable bonds is 1. The summed E-state index contributed by atoms with van der Waals surface area (Å²) in [5, 5.41) is 3.21. The Kier molecular flexibility index (Phi) is 3.76. The third-order valence-electron chi connectivity index (χ3n) is 1.86. The van der Waals surface area contributed by atoms with Gasteiger partial charge in [0.2, 0.25) is 0 Å². The summed E-state index contributed by atoms with van der Waals surface area (Å²) in [4.78, 5) is 13.1. The second-order valence-corrected chi connectivity index (χ2v) is 3.16. The standard InChI is InChI=1S/C9H16N2O2/c1-8(2)13-9(12)11-6-3-4-10-5-7-11/h10H,1,3-7H2,2H3. The maximum Gasteiger partial charge on any atom is 0.414 e. The number of amides is 1. The van der Waals surface area contributed by atoms with E-state index in [1.54, 1.807) is 11.8 Å². The van der Waals surface area contributed by atoms with Gasteiger partial charge in [-0.2, -0.15) is 0 Å². The summed E-state index contributed by atoms with van der Waals surface area (Å²) >= 11 is 0. The van der Waals surface area contributed by atoms with E-state index in [1.165, 1.54) is 0 Å². The minimum absolute atomic E-state index is 0.281. The monoisotopic (exact) mass is 184 g/mol. The van der Waals surface area contributed by atoms with Crippen LogP contribution in [-0.2, 0) is 4.74 Å². The number of nitrogens with zero attached hydrogens (tertiary/aromatic N) is 1. The maximum absolute atomic E-state index is 11.4. The lowest BCUT2D eigenvalue weighted by Gasteiger charge is -2.18. The third kappa shape index (κ3) is 3.46. The van der Waals surface area contributed by atoms with E-state index >= 15 is 0 Å². The van der Waals surface area contributed by atoms with Crippen LogP contribution < -0.4 is 5.32 Å². The number of nitrogens with one attached hydrogen (secondary N) is 1. The molecule has 4 heteroatoms. The highest BCUT2D eigenvalue weighted by molar-refractivity contribution is 5.68. The fraction of sp³-hybridized carbons (Fsp3) is 0.667. The molecule has 0 bridgehead atoms. The number of carbonyl (C=O) groups is 1. The molecule has 4 nitrogen and oxygen atoms in total. The van der Waals surface area contributed by atoms with Crippen molar-refractivity contribution in [1.29, 1.82) is 0 Å². The molecule has 1 heterocycles. The lowest BCUT2D eigenvalue weighted by molar-refractivity contribution is 0.132. The Balaban J connectivity index is 2.39. The molecule has 74 valence electrons. The second-order valence-electron chi connectivity index (χ2n) is 3.16. The number of hydrogen-bond donors (Lipinski definition) is 1. The number of allylic oxidation sites excluding steroid dienone is 1. The van der Waals surface area contributed by atoms with Crippen LogP contribution in [0.15, 0.2) is 12.3 Å². The SMILES string of the molecule is C=C(C)OC(=O)N1CCCNCC1. The van der Waals surface area contributed by atoms with E-state index < -0.39 is 0 Å². The molecule has 1 fully saturated rings. The minimum Gasteiger partial charge on any atom is -0.416 e. The molecule has 0 unspecified atom stereocenters. The van der Waals surface area contributed by atoms with Gasteiger partial charge >= 0.3 is 6.09 Å². The largest absolute Gasteiger partial charge is 0.416 e. The zero-order chi connectivity index (χ0) is 9.68. The predicted octanol–water partition coefficient (Wildman–Crippen LogP) is 0.952. The van der Waals surface area contributed by atoms with Crippen LogP contribution in [0.5, 0.6) is 0 Å². The first-order chi connectivity index (χ1) is 6.20. The van der Waals surface area contributed by atoms with Crippen LogP contribution in [0, 0.1) is 0 Å².